The minimum absolute atomic E-state index is 0. The highest BCUT2D eigenvalue weighted by Crippen LogP contribution is 2.02. The summed E-state index contributed by atoms with van der Waals surface area (Å²) in [5.74, 6) is 0.570. The first kappa shape index (κ1) is 23.1. The molecule has 1 aromatic heterocycles. The number of unbranched alkanes of at least 4 members (excludes halogenated alkanes) is 1. The van der Waals surface area contributed by atoms with Gasteiger partial charge in [-0.3, -0.25) is 9.79 Å². The Kier molecular flexibility index (Phi) is 11.4. The zero-order valence-electron chi connectivity index (χ0n) is 15.7. The lowest BCUT2D eigenvalue weighted by molar-refractivity contribution is 0.597. The van der Waals surface area contributed by atoms with E-state index in [1.54, 1.807) is 28.8 Å². The van der Waals surface area contributed by atoms with E-state index < -0.39 is 0 Å². The van der Waals surface area contributed by atoms with E-state index in [0.717, 1.165) is 43.9 Å². The zero-order chi connectivity index (χ0) is 18.6. The van der Waals surface area contributed by atoms with Gasteiger partial charge in [0.15, 0.2) is 5.96 Å². The fourth-order valence-corrected chi connectivity index (χ4v) is 2.55. The highest BCUT2D eigenvalue weighted by molar-refractivity contribution is 14.0. The standard InChI is InChI=1S/C20H27FN4O.HI/c1-2-22-20(24-14-12-17-8-10-18(21)11-9-17)23-13-4-6-16-25-15-5-3-7-19(25)26;/h3,5,7-11,15H,2,4,6,12-14,16H2,1H3,(H2,22,23,24);1H. The second-order valence-electron chi connectivity index (χ2n) is 6.00. The monoisotopic (exact) mass is 486 g/mol. The summed E-state index contributed by atoms with van der Waals surface area (Å²) >= 11 is 0. The minimum atomic E-state index is -0.214. The molecule has 148 valence electrons. The van der Waals surface area contributed by atoms with E-state index >= 15 is 0 Å². The first-order valence-electron chi connectivity index (χ1n) is 9.11. The van der Waals surface area contributed by atoms with Gasteiger partial charge in [0.05, 0.1) is 0 Å². The number of guanidine groups is 1. The Morgan fingerprint density at radius 1 is 1.11 bits per heavy atom. The summed E-state index contributed by atoms with van der Waals surface area (Å²) in [5.41, 5.74) is 1.12. The summed E-state index contributed by atoms with van der Waals surface area (Å²) in [6.07, 6.45) is 4.44. The summed E-state index contributed by atoms with van der Waals surface area (Å²) in [5, 5.41) is 6.51. The summed E-state index contributed by atoms with van der Waals surface area (Å²) in [7, 11) is 0. The number of halogens is 2. The van der Waals surface area contributed by atoms with Gasteiger partial charge < -0.3 is 15.2 Å². The number of benzene rings is 1. The summed E-state index contributed by atoms with van der Waals surface area (Å²) < 4.78 is 14.6. The molecule has 0 amide bonds. The van der Waals surface area contributed by atoms with Crippen LogP contribution in [0.15, 0.2) is 58.4 Å². The van der Waals surface area contributed by atoms with Crippen LogP contribution in [0.1, 0.15) is 25.3 Å². The number of rotatable bonds is 9. The van der Waals surface area contributed by atoms with Crippen molar-refractivity contribution in [1.82, 2.24) is 15.2 Å². The number of hydrogen-bond donors (Lipinski definition) is 2. The molecule has 0 aliphatic rings. The van der Waals surface area contributed by atoms with Crippen LogP contribution < -0.4 is 16.2 Å². The lowest BCUT2D eigenvalue weighted by atomic mass is 10.1. The molecule has 0 saturated carbocycles. The predicted molar refractivity (Wildman–Crippen MR) is 119 cm³/mol. The smallest absolute Gasteiger partial charge is 0.250 e. The first-order chi connectivity index (χ1) is 12.7. The van der Waals surface area contributed by atoms with E-state index in [1.807, 2.05) is 19.2 Å². The van der Waals surface area contributed by atoms with Crippen molar-refractivity contribution in [2.75, 3.05) is 19.6 Å². The lowest BCUT2D eigenvalue weighted by Crippen LogP contribution is -2.38. The van der Waals surface area contributed by atoms with Crippen LogP contribution in [0, 0.1) is 5.82 Å². The molecular weight excluding hydrogens is 458 g/mol. The molecule has 2 rings (SSSR count). The van der Waals surface area contributed by atoms with Gasteiger partial charge in [-0.15, -0.1) is 24.0 Å². The van der Waals surface area contributed by atoms with Crippen LogP contribution in [0.4, 0.5) is 4.39 Å². The van der Waals surface area contributed by atoms with Crippen molar-refractivity contribution in [2.24, 2.45) is 4.99 Å². The fourth-order valence-electron chi connectivity index (χ4n) is 2.55. The van der Waals surface area contributed by atoms with Crippen molar-refractivity contribution in [3.05, 3.63) is 70.4 Å². The molecule has 7 heteroatoms. The van der Waals surface area contributed by atoms with Crippen molar-refractivity contribution in [3.63, 3.8) is 0 Å². The van der Waals surface area contributed by atoms with Crippen molar-refractivity contribution in [3.8, 4) is 0 Å². The number of pyridine rings is 1. The van der Waals surface area contributed by atoms with Crippen LogP contribution >= 0.6 is 24.0 Å². The molecule has 0 saturated heterocycles. The van der Waals surface area contributed by atoms with Crippen LogP contribution in [-0.2, 0) is 13.0 Å². The maximum absolute atomic E-state index is 12.9. The molecule has 0 aliphatic heterocycles. The van der Waals surface area contributed by atoms with E-state index in [-0.39, 0.29) is 35.4 Å². The number of aromatic nitrogens is 1. The van der Waals surface area contributed by atoms with Gasteiger partial charge in [0.1, 0.15) is 5.82 Å². The number of aliphatic imine (C=N–C) groups is 1. The van der Waals surface area contributed by atoms with Gasteiger partial charge in [-0.05, 0) is 49.9 Å². The maximum Gasteiger partial charge on any atom is 0.250 e. The number of hydrogen-bond acceptors (Lipinski definition) is 2. The summed E-state index contributed by atoms with van der Waals surface area (Å²) in [6, 6.07) is 11.8. The quantitative estimate of drug-likeness (QED) is 0.248. The number of nitrogens with zero attached hydrogens (tertiary/aromatic N) is 2. The summed E-state index contributed by atoms with van der Waals surface area (Å²) in [4.78, 5) is 16.2. The van der Waals surface area contributed by atoms with Gasteiger partial charge in [0.2, 0.25) is 5.56 Å². The Morgan fingerprint density at radius 2 is 1.89 bits per heavy atom. The van der Waals surface area contributed by atoms with Gasteiger partial charge in [-0.25, -0.2) is 4.39 Å². The average molecular weight is 486 g/mol. The van der Waals surface area contributed by atoms with Gasteiger partial charge in [0.25, 0.3) is 0 Å². The maximum atomic E-state index is 12.9. The van der Waals surface area contributed by atoms with Crippen LogP contribution in [0.5, 0.6) is 0 Å². The second kappa shape index (κ2) is 13.3. The lowest BCUT2D eigenvalue weighted by Gasteiger charge is -2.11. The van der Waals surface area contributed by atoms with Crippen molar-refractivity contribution in [2.45, 2.75) is 32.7 Å². The van der Waals surface area contributed by atoms with Crippen molar-refractivity contribution < 1.29 is 4.39 Å². The molecule has 0 atom stereocenters. The molecule has 1 aromatic carbocycles. The van der Waals surface area contributed by atoms with Crippen LogP contribution in [-0.4, -0.2) is 30.2 Å². The second-order valence-corrected chi connectivity index (χ2v) is 6.00. The first-order valence-corrected chi connectivity index (χ1v) is 9.11. The third-order valence-corrected chi connectivity index (χ3v) is 3.94. The van der Waals surface area contributed by atoms with Gasteiger partial charge >= 0.3 is 0 Å². The van der Waals surface area contributed by atoms with Crippen LogP contribution in [0.2, 0.25) is 0 Å². The SMILES string of the molecule is CCNC(=NCCCCn1ccccc1=O)NCCc1ccc(F)cc1.I. The minimum Gasteiger partial charge on any atom is -0.357 e. The predicted octanol–water partition coefficient (Wildman–Crippen LogP) is 3.18. The summed E-state index contributed by atoms with van der Waals surface area (Å²) in [6.45, 7) is 4.97. The molecule has 0 radical (unpaired) electrons. The highest BCUT2D eigenvalue weighted by Gasteiger charge is 1.99. The number of nitrogens with one attached hydrogen (secondary N) is 2. The molecule has 0 unspecified atom stereocenters. The Labute approximate surface area is 177 Å². The molecule has 0 spiro atoms. The van der Waals surface area contributed by atoms with Crippen LogP contribution in [0.25, 0.3) is 0 Å². The largest absolute Gasteiger partial charge is 0.357 e. The Balaban J connectivity index is 0.00000364. The van der Waals surface area contributed by atoms with Crippen molar-refractivity contribution >= 4 is 29.9 Å². The molecular formula is C20H28FIN4O. The molecule has 0 aliphatic carbocycles. The normalized spacial score (nSPS) is 11.0. The molecule has 2 N–H and O–H groups in total. The Morgan fingerprint density at radius 3 is 2.59 bits per heavy atom. The third-order valence-electron chi connectivity index (χ3n) is 3.94. The van der Waals surface area contributed by atoms with E-state index in [4.69, 9.17) is 0 Å². The van der Waals surface area contributed by atoms with Crippen LogP contribution in [0.3, 0.4) is 0 Å². The Hall–Kier alpha value is -1.90. The molecule has 0 bridgehead atoms. The van der Waals surface area contributed by atoms with Gasteiger partial charge in [-0.2, -0.15) is 0 Å². The fraction of sp³-hybridized carbons (Fsp3) is 0.400. The van der Waals surface area contributed by atoms with E-state index in [0.29, 0.717) is 13.1 Å². The molecule has 0 fully saturated rings. The van der Waals surface area contributed by atoms with E-state index in [1.165, 1.54) is 12.1 Å². The molecule has 5 nitrogen and oxygen atoms in total. The molecule has 2 aromatic rings. The molecule has 27 heavy (non-hydrogen) atoms. The Bertz CT molecular complexity index is 746. The van der Waals surface area contributed by atoms with E-state index in [9.17, 15) is 9.18 Å². The number of aryl methyl sites for hydroxylation is 1. The van der Waals surface area contributed by atoms with Crippen molar-refractivity contribution in [1.29, 1.82) is 0 Å². The highest BCUT2D eigenvalue weighted by atomic mass is 127. The topological polar surface area (TPSA) is 58.4 Å². The van der Waals surface area contributed by atoms with E-state index in [2.05, 4.69) is 15.6 Å². The van der Waals surface area contributed by atoms with Gasteiger partial charge in [0, 0.05) is 38.4 Å². The molecule has 1 heterocycles. The average Bonchev–Trinajstić information content (AvgIpc) is 2.64. The third kappa shape index (κ3) is 9.03. The zero-order valence-corrected chi connectivity index (χ0v) is 18.0. The van der Waals surface area contributed by atoms with Gasteiger partial charge in [-0.1, -0.05) is 18.2 Å².